The SMILES string of the molecule is CC1CCC2C(CCC3C2CCC2(C)C(C(=O)Cn4ccc(C#N)n4)CC(C)C32)C1. The monoisotopic (exact) mass is 407 g/mol. The summed E-state index contributed by atoms with van der Waals surface area (Å²) in [5, 5.41) is 13.3. The fourth-order valence-corrected chi connectivity index (χ4v) is 8.91. The fraction of sp³-hybridized carbons (Fsp3) is 0.808. The van der Waals surface area contributed by atoms with E-state index in [0.717, 1.165) is 36.0 Å². The van der Waals surface area contributed by atoms with Crippen LogP contribution >= 0.6 is 0 Å². The van der Waals surface area contributed by atoms with Crippen LogP contribution < -0.4 is 0 Å². The number of ketones is 1. The molecule has 0 amide bonds. The quantitative estimate of drug-likeness (QED) is 0.667. The zero-order valence-corrected chi connectivity index (χ0v) is 18.9. The summed E-state index contributed by atoms with van der Waals surface area (Å²) in [4.78, 5) is 13.4. The first-order chi connectivity index (χ1) is 14.4. The Labute approximate surface area is 181 Å². The lowest BCUT2D eigenvalue weighted by atomic mass is 9.48. The third-order valence-electron chi connectivity index (χ3n) is 9.99. The number of fused-ring (bicyclic) bond motifs is 5. The van der Waals surface area contributed by atoms with Crippen molar-refractivity contribution in [2.75, 3.05) is 0 Å². The standard InChI is InChI=1S/C26H37N3O/c1-16-4-6-20-18(12-16)5-7-22-21(20)8-10-26(3)23(13-17(2)25(22)26)24(30)15-29-11-9-19(14-27)28-29/h9,11,16-18,20-23,25H,4-8,10,12-13,15H2,1-3H3. The van der Waals surface area contributed by atoms with Crippen molar-refractivity contribution in [3.05, 3.63) is 18.0 Å². The van der Waals surface area contributed by atoms with Crippen LogP contribution in [0.2, 0.25) is 0 Å². The summed E-state index contributed by atoms with van der Waals surface area (Å²) in [6.07, 6.45) is 12.5. The molecular formula is C26H37N3O. The van der Waals surface area contributed by atoms with E-state index in [2.05, 4.69) is 31.9 Å². The van der Waals surface area contributed by atoms with Crippen molar-refractivity contribution in [3.8, 4) is 6.07 Å². The molecule has 0 spiro atoms. The Kier molecular flexibility index (Phi) is 5.07. The van der Waals surface area contributed by atoms with Gasteiger partial charge in [0.1, 0.15) is 6.07 Å². The van der Waals surface area contributed by atoms with Crippen molar-refractivity contribution in [1.29, 1.82) is 5.26 Å². The fourth-order valence-electron chi connectivity index (χ4n) is 8.91. The summed E-state index contributed by atoms with van der Waals surface area (Å²) < 4.78 is 1.67. The molecule has 4 aliphatic carbocycles. The van der Waals surface area contributed by atoms with E-state index in [1.807, 2.05) is 0 Å². The highest BCUT2D eigenvalue weighted by Gasteiger charge is 2.60. The maximum atomic E-state index is 13.4. The zero-order valence-electron chi connectivity index (χ0n) is 18.9. The molecule has 0 radical (unpaired) electrons. The lowest BCUT2D eigenvalue weighted by Crippen LogP contribution is -2.50. The summed E-state index contributed by atoms with van der Waals surface area (Å²) in [6, 6.07) is 3.76. The second-order valence-corrected chi connectivity index (χ2v) is 11.6. The molecule has 4 aliphatic rings. The van der Waals surface area contributed by atoms with Crippen LogP contribution in [0.25, 0.3) is 0 Å². The molecular weight excluding hydrogens is 370 g/mol. The Bertz CT molecular complexity index is 853. The van der Waals surface area contributed by atoms with Crippen LogP contribution in [0.15, 0.2) is 12.3 Å². The Hall–Kier alpha value is -1.63. The third-order valence-corrected chi connectivity index (χ3v) is 9.99. The molecule has 0 N–H and O–H groups in total. The third kappa shape index (κ3) is 3.15. The van der Waals surface area contributed by atoms with Crippen LogP contribution in [-0.4, -0.2) is 15.6 Å². The van der Waals surface area contributed by atoms with E-state index in [1.165, 1.54) is 44.9 Å². The summed E-state index contributed by atoms with van der Waals surface area (Å²) in [7, 11) is 0. The van der Waals surface area contributed by atoms with E-state index in [0.29, 0.717) is 29.9 Å². The van der Waals surface area contributed by atoms with Crippen molar-refractivity contribution < 1.29 is 4.79 Å². The predicted octanol–water partition coefficient (Wildman–Crippen LogP) is 5.47. The number of Topliss-reactive ketones (excluding diaryl/α,β-unsaturated/α-hetero) is 1. The van der Waals surface area contributed by atoms with E-state index in [-0.39, 0.29) is 11.3 Å². The molecule has 5 rings (SSSR count). The first-order valence-electron chi connectivity index (χ1n) is 12.4. The van der Waals surface area contributed by atoms with Crippen LogP contribution in [0, 0.1) is 64.1 Å². The summed E-state index contributed by atoms with van der Waals surface area (Å²) in [5.74, 6) is 6.43. The van der Waals surface area contributed by atoms with Gasteiger partial charge in [-0.15, -0.1) is 0 Å². The molecule has 4 fully saturated rings. The Balaban J connectivity index is 1.35. The molecule has 4 nitrogen and oxygen atoms in total. The highest BCUT2D eigenvalue weighted by molar-refractivity contribution is 5.82. The molecule has 1 heterocycles. The molecule has 4 saturated carbocycles. The molecule has 0 saturated heterocycles. The zero-order chi connectivity index (χ0) is 21.0. The highest BCUT2D eigenvalue weighted by atomic mass is 16.1. The number of hydrogen-bond acceptors (Lipinski definition) is 3. The van der Waals surface area contributed by atoms with Crippen molar-refractivity contribution in [1.82, 2.24) is 9.78 Å². The van der Waals surface area contributed by atoms with Gasteiger partial charge in [0.2, 0.25) is 0 Å². The highest BCUT2D eigenvalue weighted by Crippen LogP contribution is 2.66. The van der Waals surface area contributed by atoms with Crippen LogP contribution in [0.4, 0.5) is 0 Å². The topological polar surface area (TPSA) is 58.7 Å². The first-order valence-corrected chi connectivity index (χ1v) is 12.4. The average molecular weight is 408 g/mol. The molecule has 9 atom stereocenters. The van der Waals surface area contributed by atoms with Gasteiger partial charge < -0.3 is 0 Å². The van der Waals surface area contributed by atoms with Gasteiger partial charge >= 0.3 is 0 Å². The van der Waals surface area contributed by atoms with Gasteiger partial charge in [-0.05, 0) is 97.9 Å². The van der Waals surface area contributed by atoms with E-state index in [9.17, 15) is 4.79 Å². The molecule has 9 unspecified atom stereocenters. The number of rotatable bonds is 3. The van der Waals surface area contributed by atoms with Gasteiger partial charge in [-0.1, -0.05) is 27.2 Å². The Morgan fingerprint density at radius 1 is 1.17 bits per heavy atom. The van der Waals surface area contributed by atoms with E-state index in [4.69, 9.17) is 5.26 Å². The van der Waals surface area contributed by atoms with Gasteiger partial charge in [-0.25, -0.2) is 0 Å². The Morgan fingerprint density at radius 2 is 1.97 bits per heavy atom. The maximum Gasteiger partial charge on any atom is 0.162 e. The summed E-state index contributed by atoms with van der Waals surface area (Å²) in [5.41, 5.74) is 0.545. The van der Waals surface area contributed by atoms with Crippen molar-refractivity contribution >= 4 is 5.78 Å². The van der Waals surface area contributed by atoms with Crippen molar-refractivity contribution in [2.24, 2.45) is 52.8 Å². The average Bonchev–Trinajstić information content (AvgIpc) is 3.29. The van der Waals surface area contributed by atoms with Gasteiger partial charge in [-0.2, -0.15) is 10.4 Å². The van der Waals surface area contributed by atoms with Crippen molar-refractivity contribution in [2.45, 2.75) is 78.7 Å². The van der Waals surface area contributed by atoms with E-state index in [1.54, 1.807) is 16.9 Å². The maximum absolute atomic E-state index is 13.4. The second-order valence-electron chi connectivity index (χ2n) is 11.6. The van der Waals surface area contributed by atoms with E-state index < -0.39 is 0 Å². The number of carbonyl (C=O) groups is 1. The largest absolute Gasteiger partial charge is 0.297 e. The first kappa shape index (κ1) is 20.3. The molecule has 162 valence electrons. The minimum absolute atomic E-state index is 0.150. The van der Waals surface area contributed by atoms with Crippen LogP contribution in [0.1, 0.15) is 77.8 Å². The minimum atomic E-state index is 0.150. The van der Waals surface area contributed by atoms with Gasteiger partial charge in [0.25, 0.3) is 0 Å². The smallest absolute Gasteiger partial charge is 0.162 e. The van der Waals surface area contributed by atoms with Gasteiger partial charge in [0, 0.05) is 12.1 Å². The van der Waals surface area contributed by atoms with Crippen molar-refractivity contribution in [3.63, 3.8) is 0 Å². The lowest BCUT2D eigenvalue weighted by Gasteiger charge is -2.56. The summed E-state index contributed by atoms with van der Waals surface area (Å²) >= 11 is 0. The Morgan fingerprint density at radius 3 is 2.73 bits per heavy atom. The number of nitriles is 1. The number of carbonyl (C=O) groups excluding carboxylic acids is 1. The number of nitrogens with zero attached hydrogens (tertiary/aromatic N) is 3. The van der Waals surface area contributed by atoms with E-state index >= 15 is 0 Å². The summed E-state index contributed by atoms with van der Waals surface area (Å²) in [6.45, 7) is 7.64. The van der Waals surface area contributed by atoms with Crippen LogP contribution in [-0.2, 0) is 11.3 Å². The van der Waals surface area contributed by atoms with Gasteiger partial charge in [0.15, 0.2) is 11.5 Å². The minimum Gasteiger partial charge on any atom is -0.297 e. The lowest BCUT2D eigenvalue weighted by molar-refractivity contribution is -0.131. The molecule has 0 aliphatic heterocycles. The molecule has 0 aromatic carbocycles. The van der Waals surface area contributed by atoms with Crippen LogP contribution in [0.3, 0.4) is 0 Å². The molecule has 0 bridgehead atoms. The predicted molar refractivity (Wildman–Crippen MR) is 116 cm³/mol. The molecule has 4 heteroatoms. The number of hydrogen-bond donors (Lipinski definition) is 0. The second kappa shape index (κ2) is 7.50. The molecule has 1 aromatic heterocycles. The van der Waals surface area contributed by atoms with Gasteiger partial charge in [-0.3, -0.25) is 9.48 Å². The van der Waals surface area contributed by atoms with Crippen LogP contribution in [0.5, 0.6) is 0 Å². The molecule has 30 heavy (non-hydrogen) atoms. The molecule has 1 aromatic rings. The van der Waals surface area contributed by atoms with Gasteiger partial charge in [0.05, 0.1) is 6.54 Å². The normalized spacial score (nSPS) is 45.1. The number of aromatic nitrogens is 2.